The molecule has 0 atom stereocenters. The molecule has 20 heavy (non-hydrogen) atoms. The Kier molecular flexibility index (Phi) is 4.96. The van der Waals surface area contributed by atoms with Gasteiger partial charge < -0.3 is 15.4 Å². The summed E-state index contributed by atoms with van der Waals surface area (Å²) in [6.07, 6.45) is 0. The first-order valence-corrected chi connectivity index (χ1v) is 7.24. The molecular formula is C12H19N3O4S. The lowest BCUT2D eigenvalue weighted by Crippen LogP contribution is -2.37. The zero-order valence-corrected chi connectivity index (χ0v) is 12.8. The quantitative estimate of drug-likeness (QED) is 0.772. The smallest absolute Gasteiger partial charge is 0.243 e. The molecule has 0 heterocycles. The average Bonchev–Trinajstić information content (AvgIpc) is 2.38. The lowest BCUT2D eigenvalue weighted by atomic mass is 10.3. The summed E-state index contributed by atoms with van der Waals surface area (Å²) in [5.41, 5.74) is 5.92. The molecular weight excluding hydrogens is 282 g/mol. The van der Waals surface area contributed by atoms with Gasteiger partial charge in [0, 0.05) is 21.1 Å². The number of hydrogen-bond acceptors (Lipinski definition) is 5. The second-order valence-electron chi connectivity index (χ2n) is 4.45. The number of carbonyl (C=O) groups excluding carboxylic acids is 1. The number of hydrogen-bond donors (Lipinski definition) is 1. The highest BCUT2D eigenvalue weighted by molar-refractivity contribution is 7.89. The highest BCUT2D eigenvalue weighted by Gasteiger charge is 2.24. The van der Waals surface area contributed by atoms with Gasteiger partial charge in [0.1, 0.15) is 5.75 Å². The van der Waals surface area contributed by atoms with Crippen molar-refractivity contribution in [2.75, 3.05) is 40.5 Å². The van der Waals surface area contributed by atoms with Crippen LogP contribution in [-0.2, 0) is 14.8 Å². The van der Waals surface area contributed by atoms with E-state index >= 15 is 0 Å². The van der Waals surface area contributed by atoms with Gasteiger partial charge in [0.15, 0.2) is 0 Å². The molecule has 0 aliphatic carbocycles. The number of nitrogens with two attached hydrogens (primary N) is 1. The number of likely N-dealkylation sites (N-methyl/N-ethyl adjacent to an activating group) is 2. The van der Waals surface area contributed by atoms with Crippen LogP contribution in [0.15, 0.2) is 23.1 Å². The molecule has 0 spiro atoms. The van der Waals surface area contributed by atoms with E-state index < -0.39 is 10.0 Å². The third kappa shape index (κ3) is 3.40. The zero-order valence-electron chi connectivity index (χ0n) is 12.0. The van der Waals surface area contributed by atoms with Crippen molar-refractivity contribution >= 4 is 21.6 Å². The fourth-order valence-corrected chi connectivity index (χ4v) is 2.63. The summed E-state index contributed by atoms with van der Waals surface area (Å²) in [6.45, 7) is -0.235. The summed E-state index contributed by atoms with van der Waals surface area (Å²) in [5, 5.41) is 0. The molecule has 7 nitrogen and oxygen atoms in total. The molecule has 0 saturated heterocycles. The summed E-state index contributed by atoms with van der Waals surface area (Å²) < 4.78 is 30.6. The molecule has 0 unspecified atom stereocenters. The fraction of sp³-hybridized carbons (Fsp3) is 0.417. The standard InChI is InChI=1S/C12H19N3O4S/c1-14(2)12(16)8-15(3)20(17,18)9-5-6-11(19-4)10(13)7-9/h5-7H,8,13H2,1-4H3. The minimum absolute atomic E-state index is 0.0184. The molecule has 0 aromatic heterocycles. The van der Waals surface area contributed by atoms with Gasteiger partial charge in [-0.3, -0.25) is 4.79 Å². The van der Waals surface area contributed by atoms with Crippen LogP contribution in [0.5, 0.6) is 5.75 Å². The summed E-state index contributed by atoms with van der Waals surface area (Å²) in [4.78, 5) is 12.9. The van der Waals surface area contributed by atoms with Gasteiger partial charge >= 0.3 is 0 Å². The van der Waals surface area contributed by atoms with Crippen LogP contribution in [0, 0.1) is 0 Å². The number of nitrogen functional groups attached to an aromatic ring is 1. The van der Waals surface area contributed by atoms with Crippen molar-refractivity contribution in [3.8, 4) is 5.75 Å². The van der Waals surface area contributed by atoms with E-state index in [0.29, 0.717) is 5.75 Å². The number of carbonyl (C=O) groups is 1. The number of rotatable bonds is 5. The minimum atomic E-state index is -3.76. The van der Waals surface area contributed by atoms with Crippen molar-refractivity contribution in [2.45, 2.75) is 4.90 Å². The molecule has 0 saturated carbocycles. The SMILES string of the molecule is COc1ccc(S(=O)(=O)N(C)CC(=O)N(C)C)cc1N. The summed E-state index contributed by atoms with van der Waals surface area (Å²) in [6, 6.07) is 4.18. The first-order valence-electron chi connectivity index (χ1n) is 5.80. The fourth-order valence-electron chi connectivity index (χ4n) is 1.47. The van der Waals surface area contributed by atoms with Crippen LogP contribution in [0.3, 0.4) is 0 Å². The largest absolute Gasteiger partial charge is 0.495 e. The van der Waals surface area contributed by atoms with Crippen molar-refractivity contribution in [3.05, 3.63) is 18.2 Å². The van der Waals surface area contributed by atoms with E-state index in [4.69, 9.17) is 10.5 Å². The van der Waals surface area contributed by atoms with Gasteiger partial charge in [-0.25, -0.2) is 8.42 Å². The van der Waals surface area contributed by atoms with E-state index in [2.05, 4.69) is 0 Å². The van der Waals surface area contributed by atoms with Crippen LogP contribution >= 0.6 is 0 Å². The van der Waals surface area contributed by atoms with Crippen LogP contribution in [0.25, 0.3) is 0 Å². The van der Waals surface area contributed by atoms with Crippen LogP contribution in [-0.4, -0.2) is 58.3 Å². The second kappa shape index (κ2) is 6.10. The molecule has 0 aliphatic rings. The molecule has 8 heteroatoms. The van der Waals surface area contributed by atoms with Crippen molar-refractivity contribution in [1.29, 1.82) is 0 Å². The maximum atomic E-state index is 12.3. The molecule has 1 aromatic rings. The second-order valence-corrected chi connectivity index (χ2v) is 6.50. The molecule has 0 aliphatic heterocycles. The molecule has 1 aromatic carbocycles. The predicted molar refractivity (Wildman–Crippen MR) is 75.9 cm³/mol. The highest BCUT2D eigenvalue weighted by atomic mass is 32.2. The number of sulfonamides is 1. The maximum absolute atomic E-state index is 12.3. The van der Waals surface area contributed by atoms with Crippen molar-refractivity contribution in [3.63, 3.8) is 0 Å². The van der Waals surface area contributed by atoms with Crippen LogP contribution < -0.4 is 10.5 Å². The van der Waals surface area contributed by atoms with Crippen molar-refractivity contribution < 1.29 is 17.9 Å². The van der Waals surface area contributed by atoms with E-state index in [1.54, 1.807) is 14.1 Å². The Balaban J connectivity index is 3.04. The first kappa shape index (κ1) is 16.3. The third-order valence-corrected chi connectivity index (χ3v) is 4.57. The topological polar surface area (TPSA) is 92.9 Å². The minimum Gasteiger partial charge on any atom is -0.495 e. The number of nitrogens with zero attached hydrogens (tertiary/aromatic N) is 2. The molecule has 1 rings (SSSR count). The average molecular weight is 301 g/mol. The summed E-state index contributed by atoms with van der Waals surface area (Å²) in [5.74, 6) is 0.0912. The van der Waals surface area contributed by atoms with E-state index in [9.17, 15) is 13.2 Å². The van der Waals surface area contributed by atoms with Gasteiger partial charge in [-0.1, -0.05) is 0 Å². The van der Waals surface area contributed by atoms with Gasteiger partial charge in [-0.2, -0.15) is 4.31 Å². The lowest BCUT2D eigenvalue weighted by Gasteiger charge is -2.19. The Labute approximate surface area is 119 Å². The van der Waals surface area contributed by atoms with E-state index in [0.717, 1.165) is 4.31 Å². The van der Waals surface area contributed by atoms with Gasteiger partial charge in [0.2, 0.25) is 15.9 Å². The maximum Gasteiger partial charge on any atom is 0.243 e. The molecule has 0 radical (unpaired) electrons. The van der Waals surface area contributed by atoms with Crippen molar-refractivity contribution in [2.24, 2.45) is 0 Å². The van der Waals surface area contributed by atoms with Gasteiger partial charge in [-0.15, -0.1) is 0 Å². The molecule has 1 amide bonds. The van der Waals surface area contributed by atoms with E-state index in [-0.39, 0.29) is 23.0 Å². The van der Waals surface area contributed by atoms with E-state index in [1.807, 2.05) is 0 Å². The Morgan fingerprint density at radius 3 is 2.35 bits per heavy atom. The number of benzene rings is 1. The van der Waals surface area contributed by atoms with Gasteiger partial charge in [-0.05, 0) is 18.2 Å². The Morgan fingerprint density at radius 1 is 1.30 bits per heavy atom. The number of ether oxygens (including phenoxy) is 1. The summed E-state index contributed by atoms with van der Waals surface area (Å²) >= 11 is 0. The predicted octanol–water partition coefficient (Wildman–Crippen LogP) is -0.0139. The van der Waals surface area contributed by atoms with Gasteiger partial charge in [0.05, 0.1) is 24.2 Å². The number of anilines is 1. The van der Waals surface area contributed by atoms with Crippen LogP contribution in [0.1, 0.15) is 0 Å². The van der Waals surface area contributed by atoms with Crippen LogP contribution in [0.2, 0.25) is 0 Å². The Bertz CT molecular complexity index is 599. The third-order valence-electron chi connectivity index (χ3n) is 2.77. The molecule has 0 bridgehead atoms. The number of amides is 1. The zero-order chi connectivity index (χ0) is 15.5. The monoisotopic (exact) mass is 301 g/mol. The first-order chi connectivity index (χ1) is 9.20. The highest BCUT2D eigenvalue weighted by Crippen LogP contribution is 2.25. The Hall–Kier alpha value is -1.80. The normalized spacial score (nSPS) is 11.4. The van der Waals surface area contributed by atoms with Gasteiger partial charge in [0.25, 0.3) is 0 Å². The van der Waals surface area contributed by atoms with E-state index in [1.165, 1.54) is 37.3 Å². The summed E-state index contributed by atoms with van der Waals surface area (Å²) in [7, 11) is 2.15. The van der Waals surface area contributed by atoms with Crippen molar-refractivity contribution in [1.82, 2.24) is 9.21 Å². The Morgan fingerprint density at radius 2 is 1.90 bits per heavy atom. The van der Waals surface area contributed by atoms with Crippen LogP contribution in [0.4, 0.5) is 5.69 Å². The molecule has 0 fully saturated rings. The lowest BCUT2D eigenvalue weighted by molar-refractivity contribution is -0.128. The molecule has 112 valence electrons. The number of methoxy groups -OCH3 is 1. The molecule has 2 N–H and O–H groups in total.